The molecule has 15 heavy (non-hydrogen) atoms. The third-order valence-corrected chi connectivity index (χ3v) is 3.58. The lowest BCUT2D eigenvalue weighted by molar-refractivity contribution is 0.304. The molecule has 0 spiro atoms. The van der Waals surface area contributed by atoms with Crippen molar-refractivity contribution in [3.8, 4) is 0 Å². The van der Waals surface area contributed by atoms with E-state index in [4.69, 9.17) is 5.73 Å². The Morgan fingerprint density at radius 3 is 2.27 bits per heavy atom. The van der Waals surface area contributed by atoms with Crippen LogP contribution in [0.3, 0.4) is 0 Å². The molecule has 0 bridgehead atoms. The van der Waals surface area contributed by atoms with E-state index in [1.54, 1.807) is 0 Å². The molecule has 1 saturated carbocycles. The lowest BCUT2D eigenvalue weighted by atomic mass is 10.1. The molecule has 0 amide bonds. The molecule has 0 aromatic carbocycles. The molecule has 0 radical (unpaired) electrons. The van der Waals surface area contributed by atoms with E-state index in [0.717, 1.165) is 0 Å². The molecule has 1 rings (SSSR count). The van der Waals surface area contributed by atoms with Crippen molar-refractivity contribution in [1.82, 2.24) is 4.90 Å². The molecule has 3 nitrogen and oxygen atoms in total. The van der Waals surface area contributed by atoms with E-state index in [0.29, 0.717) is 24.0 Å². The third-order valence-electron chi connectivity index (χ3n) is 3.58. The van der Waals surface area contributed by atoms with Gasteiger partial charge in [0.1, 0.15) is 0 Å². The van der Waals surface area contributed by atoms with Crippen LogP contribution in [0.1, 0.15) is 46.5 Å². The van der Waals surface area contributed by atoms with Crippen molar-refractivity contribution < 1.29 is 0 Å². The molecular weight excluding hydrogens is 186 g/mol. The average molecular weight is 211 g/mol. The van der Waals surface area contributed by atoms with E-state index in [9.17, 15) is 0 Å². The third kappa shape index (κ3) is 3.40. The maximum atomic E-state index is 6.01. The molecule has 3 heteroatoms. The molecular formula is C12H25N3. The van der Waals surface area contributed by atoms with E-state index >= 15 is 0 Å². The first-order valence-electron chi connectivity index (χ1n) is 6.08. The van der Waals surface area contributed by atoms with Gasteiger partial charge in [-0.25, -0.2) is 4.99 Å². The maximum Gasteiger partial charge on any atom is 0.191 e. The normalized spacial score (nSPS) is 21.0. The number of aliphatic imine (C=N–C) groups is 1. The summed E-state index contributed by atoms with van der Waals surface area (Å²) in [5, 5.41) is 0. The van der Waals surface area contributed by atoms with Crippen LogP contribution >= 0.6 is 0 Å². The van der Waals surface area contributed by atoms with Gasteiger partial charge in [0.25, 0.3) is 0 Å². The molecule has 1 unspecified atom stereocenters. The first-order valence-corrected chi connectivity index (χ1v) is 6.08. The smallest absolute Gasteiger partial charge is 0.191 e. The first kappa shape index (κ1) is 12.3. The highest BCUT2D eigenvalue weighted by Gasteiger charge is 2.18. The van der Waals surface area contributed by atoms with Crippen LogP contribution in [0, 0.1) is 5.92 Å². The number of guanidine groups is 1. The van der Waals surface area contributed by atoms with Crippen molar-refractivity contribution in [3.63, 3.8) is 0 Å². The fourth-order valence-corrected chi connectivity index (χ4v) is 1.97. The zero-order chi connectivity index (χ0) is 11.4. The molecule has 1 atom stereocenters. The quantitative estimate of drug-likeness (QED) is 0.574. The van der Waals surface area contributed by atoms with Gasteiger partial charge < -0.3 is 10.6 Å². The maximum absolute atomic E-state index is 6.01. The van der Waals surface area contributed by atoms with Crippen LogP contribution in [0.5, 0.6) is 0 Å². The average Bonchev–Trinajstić information content (AvgIpc) is 2.67. The van der Waals surface area contributed by atoms with E-state index in [1.165, 1.54) is 25.7 Å². The van der Waals surface area contributed by atoms with Gasteiger partial charge in [-0.05, 0) is 25.7 Å². The Hall–Kier alpha value is -0.730. The van der Waals surface area contributed by atoms with Gasteiger partial charge in [-0.1, -0.05) is 26.7 Å². The van der Waals surface area contributed by atoms with E-state index in [2.05, 4.69) is 30.7 Å². The van der Waals surface area contributed by atoms with Gasteiger partial charge in [0.2, 0.25) is 0 Å². The zero-order valence-corrected chi connectivity index (χ0v) is 10.5. The molecule has 0 aliphatic heterocycles. The summed E-state index contributed by atoms with van der Waals surface area (Å²) < 4.78 is 0. The van der Waals surface area contributed by atoms with Gasteiger partial charge in [-0.3, -0.25) is 0 Å². The molecule has 0 aromatic rings. The molecule has 0 saturated heterocycles. The summed E-state index contributed by atoms with van der Waals surface area (Å²) in [6.07, 6.45) is 5.05. The van der Waals surface area contributed by atoms with Gasteiger partial charge in [-0.2, -0.15) is 0 Å². The summed E-state index contributed by atoms with van der Waals surface area (Å²) >= 11 is 0. The van der Waals surface area contributed by atoms with Gasteiger partial charge in [0.15, 0.2) is 5.96 Å². The minimum atomic E-state index is 0.454. The Morgan fingerprint density at radius 1 is 1.27 bits per heavy atom. The largest absolute Gasteiger partial charge is 0.370 e. The second-order valence-corrected chi connectivity index (χ2v) is 5.02. The number of nitrogens with two attached hydrogens (primary N) is 1. The lowest BCUT2D eigenvalue weighted by Gasteiger charge is -2.29. The van der Waals surface area contributed by atoms with Crippen LogP contribution in [0.15, 0.2) is 4.99 Å². The van der Waals surface area contributed by atoms with Crippen molar-refractivity contribution in [2.45, 2.75) is 58.5 Å². The Labute approximate surface area is 93.7 Å². The second kappa shape index (κ2) is 5.38. The van der Waals surface area contributed by atoms with Crippen molar-refractivity contribution in [1.29, 1.82) is 0 Å². The van der Waals surface area contributed by atoms with Crippen molar-refractivity contribution in [2.75, 3.05) is 7.05 Å². The van der Waals surface area contributed by atoms with E-state index < -0.39 is 0 Å². The summed E-state index contributed by atoms with van der Waals surface area (Å²) in [5.41, 5.74) is 6.01. The molecule has 88 valence electrons. The highest BCUT2D eigenvalue weighted by atomic mass is 15.3. The summed E-state index contributed by atoms with van der Waals surface area (Å²) in [6.45, 7) is 6.62. The standard InChI is InChI=1S/C12H25N3/c1-9(2)10(3)15(4)12(13)14-11-7-5-6-8-11/h9-11H,5-8H2,1-4H3,(H2,13,14). The highest BCUT2D eigenvalue weighted by Crippen LogP contribution is 2.21. The summed E-state index contributed by atoms with van der Waals surface area (Å²) in [4.78, 5) is 6.70. The monoisotopic (exact) mass is 211 g/mol. The molecule has 1 aliphatic carbocycles. The van der Waals surface area contributed by atoms with Crippen molar-refractivity contribution in [2.24, 2.45) is 16.6 Å². The SMILES string of the molecule is CC(C)C(C)N(C)C(N)=NC1CCCC1. The number of nitrogens with zero attached hydrogens (tertiary/aromatic N) is 2. The summed E-state index contributed by atoms with van der Waals surface area (Å²) in [7, 11) is 2.04. The predicted octanol–water partition coefficient (Wildman–Crippen LogP) is 2.22. The van der Waals surface area contributed by atoms with E-state index in [-0.39, 0.29) is 0 Å². The fraction of sp³-hybridized carbons (Fsp3) is 0.917. The topological polar surface area (TPSA) is 41.6 Å². The molecule has 0 aromatic heterocycles. The Morgan fingerprint density at radius 2 is 1.80 bits per heavy atom. The van der Waals surface area contributed by atoms with Crippen molar-refractivity contribution >= 4 is 5.96 Å². The van der Waals surface area contributed by atoms with Crippen LogP contribution in [0.25, 0.3) is 0 Å². The lowest BCUT2D eigenvalue weighted by Crippen LogP contribution is -2.43. The van der Waals surface area contributed by atoms with E-state index in [1.807, 2.05) is 7.05 Å². The van der Waals surface area contributed by atoms with Crippen LogP contribution < -0.4 is 5.73 Å². The minimum absolute atomic E-state index is 0.454. The van der Waals surface area contributed by atoms with Crippen LogP contribution in [0.2, 0.25) is 0 Å². The number of hydrogen-bond donors (Lipinski definition) is 1. The second-order valence-electron chi connectivity index (χ2n) is 5.02. The van der Waals surface area contributed by atoms with Gasteiger partial charge in [-0.15, -0.1) is 0 Å². The molecule has 2 N–H and O–H groups in total. The molecule has 0 heterocycles. The zero-order valence-electron chi connectivity index (χ0n) is 10.5. The Bertz CT molecular complexity index is 217. The van der Waals surface area contributed by atoms with Gasteiger partial charge in [0.05, 0.1) is 6.04 Å². The molecule has 1 fully saturated rings. The number of hydrogen-bond acceptors (Lipinski definition) is 1. The van der Waals surface area contributed by atoms with Gasteiger partial charge >= 0.3 is 0 Å². The highest BCUT2D eigenvalue weighted by molar-refractivity contribution is 5.78. The Kier molecular flexibility index (Phi) is 4.43. The summed E-state index contributed by atoms with van der Waals surface area (Å²) in [6, 6.07) is 0.932. The number of rotatable bonds is 3. The van der Waals surface area contributed by atoms with Crippen molar-refractivity contribution in [3.05, 3.63) is 0 Å². The summed E-state index contributed by atoms with van der Waals surface area (Å²) in [5.74, 6) is 1.32. The van der Waals surface area contributed by atoms with Crippen LogP contribution in [0.4, 0.5) is 0 Å². The van der Waals surface area contributed by atoms with Gasteiger partial charge in [0, 0.05) is 13.1 Å². The van der Waals surface area contributed by atoms with Crippen LogP contribution in [-0.4, -0.2) is 30.0 Å². The Balaban J connectivity index is 2.53. The molecule has 1 aliphatic rings. The predicted molar refractivity (Wildman–Crippen MR) is 65.9 cm³/mol. The minimum Gasteiger partial charge on any atom is -0.370 e. The fourth-order valence-electron chi connectivity index (χ4n) is 1.97. The first-order chi connectivity index (χ1) is 7.02. The van der Waals surface area contributed by atoms with Crippen LogP contribution in [-0.2, 0) is 0 Å².